The Morgan fingerprint density at radius 3 is 2.91 bits per heavy atom. The molecule has 0 aliphatic carbocycles. The first-order chi connectivity index (χ1) is 11.1. The second-order valence-electron chi connectivity index (χ2n) is 5.81. The molecule has 1 unspecified atom stereocenters. The molecule has 6 nitrogen and oxygen atoms in total. The Labute approximate surface area is 134 Å². The number of carboxylic acid groups (broad SMARTS) is 1. The highest BCUT2D eigenvalue weighted by Gasteiger charge is 2.29. The summed E-state index contributed by atoms with van der Waals surface area (Å²) in [6.45, 7) is 0.618. The lowest BCUT2D eigenvalue weighted by atomic mass is 9.97. The molecule has 3 rings (SSSR count). The minimum atomic E-state index is -0.859. The number of nitrogens with zero attached hydrogens (tertiary/aromatic N) is 2. The molecule has 0 saturated carbocycles. The third-order valence-corrected chi connectivity index (χ3v) is 4.24. The number of carbonyl (C=O) groups excluding carboxylic acids is 1. The fourth-order valence-electron chi connectivity index (χ4n) is 3.09. The van der Waals surface area contributed by atoms with E-state index in [0.717, 1.165) is 30.4 Å². The molecule has 2 aromatic rings. The van der Waals surface area contributed by atoms with Gasteiger partial charge in [0.05, 0.1) is 12.6 Å². The van der Waals surface area contributed by atoms with Crippen LogP contribution in [0.15, 0.2) is 36.7 Å². The number of carbonyl (C=O) groups is 2. The summed E-state index contributed by atoms with van der Waals surface area (Å²) in [5.74, 6) is -0.955. The van der Waals surface area contributed by atoms with E-state index in [1.165, 1.54) is 0 Å². The minimum absolute atomic E-state index is 0.00710. The van der Waals surface area contributed by atoms with Crippen molar-refractivity contribution in [3.05, 3.63) is 42.2 Å². The normalized spacial score (nSPS) is 17.9. The molecule has 0 radical (unpaired) electrons. The zero-order chi connectivity index (χ0) is 16.2. The lowest BCUT2D eigenvalue weighted by Crippen LogP contribution is -2.44. The zero-order valence-corrected chi connectivity index (χ0v) is 12.7. The Hall–Kier alpha value is -2.63. The van der Waals surface area contributed by atoms with Gasteiger partial charge in [0.15, 0.2) is 0 Å². The number of H-pyrrole nitrogens is 1. The van der Waals surface area contributed by atoms with Gasteiger partial charge in [-0.1, -0.05) is 12.1 Å². The average molecular weight is 313 g/mol. The van der Waals surface area contributed by atoms with Gasteiger partial charge < -0.3 is 10.0 Å². The van der Waals surface area contributed by atoms with Gasteiger partial charge in [0, 0.05) is 29.9 Å². The number of aromatic amines is 1. The van der Waals surface area contributed by atoms with Crippen LogP contribution in [0, 0.1) is 0 Å². The van der Waals surface area contributed by atoms with Crippen LogP contribution in [0.2, 0.25) is 0 Å². The number of hydrogen-bond acceptors (Lipinski definition) is 3. The molecular weight excluding hydrogens is 294 g/mol. The van der Waals surface area contributed by atoms with Crippen LogP contribution in [0.3, 0.4) is 0 Å². The lowest BCUT2D eigenvalue weighted by Gasteiger charge is -2.35. The first-order valence-corrected chi connectivity index (χ1v) is 7.77. The van der Waals surface area contributed by atoms with Crippen LogP contribution in [0.25, 0.3) is 11.1 Å². The number of aliphatic carboxylic acids is 1. The molecule has 1 aliphatic heterocycles. The van der Waals surface area contributed by atoms with Crippen molar-refractivity contribution in [2.75, 3.05) is 6.54 Å². The van der Waals surface area contributed by atoms with Crippen molar-refractivity contribution in [3.63, 3.8) is 0 Å². The van der Waals surface area contributed by atoms with Gasteiger partial charge in [0.25, 0.3) is 5.91 Å². The van der Waals surface area contributed by atoms with Crippen molar-refractivity contribution < 1.29 is 14.7 Å². The number of aromatic nitrogens is 2. The largest absolute Gasteiger partial charge is 0.481 e. The number of amides is 1. The van der Waals surface area contributed by atoms with Gasteiger partial charge >= 0.3 is 5.97 Å². The number of rotatable bonds is 4. The lowest BCUT2D eigenvalue weighted by molar-refractivity contribution is -0.138. The van der Waals surface area contributed by atoms with Gasteiger partial charge in [-0.25, -0.2) is 0 Å². The Morgan fingerprint density at radius 2 is 2.17 bits per heavy atom. The summed E-state index contributed by atoms with van der Waals surface area (Å²) in [6, 6.07) is 7.15. The Bertz CT molecular complexity index is 697. The Morgan fingerprint density at radius 1 is 1.30 bits per heavy atom. The predicted molar refractivity (Wildman–Crippen MR) is 85.0 cm³/mol. The Kier molecular flexibility index (Phi) is 4.41. The van der Waals surface area contributed by atoms with Crippen molar-refractivity contribution in [2.45, 2.75) is 31.7 Å². The Balaban J connectivity index is 1.84. The molecule has 2 heterocycles. The number of carboxylic acids is 1. The van der Waals surface area contributed by atoms with E-state index in [1.54, 1.807) is 23.4 Å². The van der Waals surface area contributed by atoms with Crippen LogP contribution in [-0.2, 0) is 4.79 Å². The van der Waals surface area contributed by atoms with E-state index in [9.17, 15) is 9.59 Å². The summed E-state index contributed by atoms with van der Waals surface area (Å²) in [6.07, 6.45) is 6.13. The molecule has 1 atom stereocenters. The van der Waals surface area contributed by atoms with Crippen LogP contribution in [0.1, 0.15) is 36.0 Å². The summed E-state index contributed by atoms with van der Waals surface area (Å²) < 4.78 is 0. The molecule has 1 aromatic carbocycles. The van der Waals surface area contributed by atoms with Crippen LogP contribution in [0.4, 0.5) is 0 Å². The highest BCUT2D eigenvalue weighted by atomic mass is 16.4. The van der Waals surface area contributed by atoms with E-state index in [0.29, 0.717) is 12.1 Å². The standard InChI is InChI=1S/C17H19N3O3/c21-16(22)9-15-6-1-2-7-20(15)17(23)13-5-3-4-12(8-13)14-10-18-19-11-14/h3-5,8,10-11,15H,1-2,6-7,9H2,(H,18,19)(H,21,22). The second kappa shape index (κ2) is 6.64. The van der Waals surface area contributed by atoms with E-state index in [-0.39, 0.29) is 18.4 Å². The summed E-state index contributed by atoms with van der Waals surface area (Å²) in [7, 11) is 0. The van der Waals surface area contributed by atoms with Crippen LogP contribution < -0.4 is 0 Å². The fourth-order valence-corrected chi connectivity index (χ4v) is 3.09. The van der Waals surface area contributed by atoms with Crippen LogP contribution in [-0.4, -0.2) is 44.7 Å². The highest BCUT2D eigenvalue weighted by molar-refractivity contribution is 5.96. The van der Waals surface area contributed by atoms with E-state index < -0.39 is 5.97 Å². The van der Waals surface area contributed by atoms with Gasteiger partial charge in [-0.2, -0.15) is 5.10 Å². The molecule has 1 fully saturated rings. The molecule has 1 aromatic heterocycles. The number of piperidine rings is 1. The van der Waals surface area contributed by atoms with Gasteiger partial charge in [-0.3, -0.25) is 14.7 Å². The van der Waals surface area contributed by atoms with E-state index in [2.05, 4.69) is 10.2 Å². The minimum Gasteiger partial charge on any atom is -0.481 e. The van der Waals surface area contributed by atoms with Crippen molar-refractivity contribution >= 4 is 11.9 Å². The first kappa shape index (κ1) is 15.3. The van der Waals surface area contributed by atoms with Crippen molar-refractivity contribution in [3.8, 4) is 11.1 Å². The molecule has 1 amide bonds. The summed E-state index contributed by atoms with van der Waals surface area (Å²) in [4.78, 5) is 25.6. The van der Waals surface area contributed by atoms with Gasteiger partial charge in [0.2, 0.25) is 0 Å². The van der Waals surface area contributed by atoms with E-state index >= 15 is 0 Å². The molecule has 6 heteroatoms. The van der Waals surface area contributed by atoms with Crippen LogP contribution in [0.5, 0.6) is 0 Å². The van der Waals surface area contributed by atoms with Crippen molar-refractivity contribution in [1.29, 1.82) is 0 Å². The SMILES string of the molecule is O=C(O)CC1CCCCN1C(=O)c1cccc(-c2cn[nH]c2)c1. The third kappa shape index (κ3) is 3.41. The fraction of sp³-hybridized carbons (Fsp3) is 0.353. The molecule has 120 valence electrons. The average Bonchev–Trinajstić information content (AvgIpc) is 3.09. The van der Waals surface area contributed by atoms with Crippen molar-refractivity contribution in [1.82, 2.24) is 15.1 Å². The first-order valence-electron chi connectivity index (χ1n) is 7.77. The van der Waals surface area contributed by atoms with Gasteiger partial charge in [0.1, 0.15) is 0 Å². The molecule has 0 bridgehead atoms. The molecule has 23 heavy (non-hydrogen) atoms. The van der Waals surface area contributed by atoms with E-state index in [4.69, 9.17) is 5.11 Å². The van der Waals surface area contributed by atoms with Gasteiger partial charge in [-0.15, -0.1) is 0 Å². The summed E-state index contributed by atoms with van der Waals surface area (Å²) in [5, 5.41) is 15.7. The smallest absolute Gasteiger partial charge is 0.305 e. The zero-order valence-electron chi connectivity index (χ0n) is 12.7. The number of likely N-dealkylation sites (tertiary alicyclic amines) is 1. The quantitative estimate of drug-likeness (QED) is 0.908. The molecule has 1 aliphatic rings. The van der Waals surface area contributed by atoms with E-state index in [1.807, 2.05) is 18.2 Å². The maximum atomic E-state index is 12.8. The second-order valence-corrected chi connectivity index (χ2v) is 5.81. The maximum Gasteiger partial charge on any atom is 0.305 e. The predicted octanol–water partition coefficient (Wildman–Crippen LogP) is 2.55. The summed E-state index contributed by atoms with van der Waals surface area (Å²) in [5.41, 5.74) is 2.41. The summed E-state index contributed by atoms with van der Waals surface area (Å²) >= 11 is 0. The molecular formula is C17H19N3O3. The maximum absolute atomic E-state index is 12.8. The number of benzene rings is 1. The molecule has 0 spiro atoms. The molecule has 1 saturated heterocycles. The third-order valence-electron chi connectivity index (χ3n) is 4.24. The van der Waals surface area contributed by atoms with Gasteiger partial charge in [-0.05, 0) is 37.0 Å². The highest BCUT2D eigenvalue weighted by Crippen LogP contribution is 2.24. The topological polar surface area (TPSA) is 86.3 Å². The monoisotopic (exact) mass is 313 g/mol. The molecule has 2 N–H and O–H groups in total. The van der Waals surface area contributed by atoms with Crippen molar-refractivity contribution in [2.24, 2.45) is 0 Å². The number of hydrogen-bond donors (Lipinski definition) is 2. The number of nitrogens with one attached hydrogen (secondary N) is 1. The van der Waals surface area contributed by atoms with Crippen LogP contribution >= 0.6 is 0 Å².